The summed E-state index contributed by atoms with van der Waals surface area (Å²) in [6.45, 7) is -0.138. The Morgan fingerprint density at radius 1 is 0.917 bits per heavy atom. The van der Waals surface area contributed by atoms with Crippen molar-refractivity contribution >= 4 is 16.6 Å². The Labute approximate surface area is 131 Å². The van der Waals surface area contributed by atoms with Crippen LogP contribution in [0.2, 0.25) is 0 Å². The van der Waals surface area contributed by atoms with Gasteiger partial charge in [-0.15, -0.1) is 0 Å². The summed E-state index contributed by atoms with van der Waals surface area (Å²) in [6, 6.07) is 5.64. The smallest absolute Gasteiger partial charge is 0.449 e. The number of anilines is 1. The van der Waals surface area contributed by atoms with Crippen molar-refractivity contribution in [2.75, 3.05) is 5.73 Å². The maximum atomic E-state index is 13.1. The fraction of sp³-hybridized carbons (Fsp3) is 0.200. The van der Waals surface area contributed by atoms with E-state index in [1.807, 2.05) is 0 Å². The summed E-state index contributed by atoms with van der Waals surface area (Å²) in [4.78, 5) is 0. The second kappa shape index (κ2) is 5.22. The first-order chi connectivity index (χ1) is 11.1. The zero-order valence-corrected chi connectivity index (χ0v) is 11.9. The van der Waals surface area contributed by atoms with Gasteiger partial charge in [0.05, 0.1) is 12.1 Å². The molecule has 0 amide bonds. The van der Waals surface area contributed by atoms with Crippen molar-refractivity contribution < 1.29 is 30.8 Å². The predicted molar refractivity (Wildman–Crippen MR) is 74.2 cm³/mol. The molecule has 128 valence electrons. The molecule has 3 aromatic rings. The van der Waals surface area contributed by atoms with Crippen LogP contribution in [-0.2, 0) is 18.9 Å². The van der Waals surface area contributed by atoms with E-state index in [4.69, 9.17) is 10.2 Å². The number of fused-ring (bicyclic) bond motifs is 1. The van der Waals surface area contributed by atoms with Crippen molar-refractivity contribution in [3.63, 3.8) is 0 Å². The molecule has 2 heterocycles. The van der Waals surface area contributed by atoms with Crippen LogP contribution in [0.15, 0.2) is 40.9 Å². The Balaban J connectivity index is 2.02. The van der Waals surface area contributed by atoms with Crippen LogP contribution < -0.4 is 5.73 Å². The van der Waals surface area contributed by atoms with Crippen molar-refractivity contribution in [1.82, 2.24) is 4.57 Å². The van der Waals surface area contributed by atoms with Gasteiger partial charge in [-0.2, -0.15) is 26.3 Å². The highest BCUT2D eigenvalue weighted by molar-refractivity contribution is 5.88. The molecule has 0 radical (unpaired) electrons. The van der Waals surface area contributed by atoms with Gasteiger partial charge in [-0.3, -0.25) is 0 Å². The average molecular weight is 348 g/mol. The Morgan fingerprint density at radius 3 is 2.21 bits per heavy atom. The van der Waals surface area contributed by atoms with E-state index in [0.717, 1.165) is 18.2 Å². The van der Waals surface area contributed by atoms with Gasteiger partial charge in [0, 0.05) is 22.8 Å². The summed E-state index contributed by atoms with van der Waals surface area (Å²) in [5.74, 6) is -1.18. The van der Waals surface area contributed by atoms with E-state index >= 15 is 0 Å². The topological polar surface area (TPSA) is 44.1 Å². The number of furan rings is 1. The van der Waals surface area contributed by atoms with Crippen molar-refractivity contribution in [1.29, 1.82) is 0 Å². The second-order valence-electron chi connectivity index (χ2n) is 5.17. The highest BCUT2D eigenvalue weighted by Gasteiger charge is 2.36. The van der Waals surface area contributed by atoms with Crippen LogP contribution in [0.4, 0.5) is 32.0 Å². The molecule has 0 aliphatic heterocycles. The molecular weight excluding hydrogens is 338 g/mol. The largest absolute Gasteiger partial charge is 0.455 e. The molecule has 3 rings (SSSR count). The van der Waals surface area contributed by atoms with Gasteiger partial charge in [0.1, 0.15) is 5.76 Å². The zero-order valence-electron chi connectivity index (χ0n) is 11.9. The first-order valence-corrected chi connectivity index (χ1v) is 6.68. The minimum Gasteiger partial charge on any atom is -0.455 e. The predicted octanol–water partition coefficient (Wildman–Crippen LogP) is 4.90. The molecule has 2 aromatic heterocycles. The van der Waals surface area contributed by atoms with Crippen LogP contribution in [0.5, 0.6) is 0 Å². The fourth-order valence-corrected chi connectivity index (χ4v) is 2.53. The number of hydrogen-bond acceptors (Lipinski definition) is 2. The number of rotatable bonds is 2. The van der Waals surface area contributed by atoms with Crippen molar-refractivity contribution in [3.8, 4) is 0 Å². The van der Waals surface area contributed by atoms with Crippen molar-refractivity contribution in [2.45, 2.75) is 18.9 Å². The van der Waals surface area contributed by atoms with Gasteiger partial charge in [0.2, 0.25) is 5.76 Å². The highest BCUT2D eigenvalue weighted by Crippen LogP contribution is 2.39. The van der Waals surface area contributed by atoms with Gasteiger partial charge < -0.3 is 14.7 Å². The van der Waals surface area contributed by atoms with Gasteiger partial charge in [-0.25, -0.2) is 0 Å². The third kappa shape index (κ3) is 2.81. The lowest BCUT2D eigenvalue weighted by Gasteiger charge is -2.12. The maximum absolute atomic E-state index is 13.1. The number of nitrogens with two attached hydrogens (primary N) is 1. The van der Waals surface area contributed by atoms with E-state index in [0.29, 0.717) is 0 Å². The van der Waals surface area contributed by atoms with Crippen LogP contribution >= 0.6 is 0 Å². The van der Waals surface area contributed by atoms with E-state index in [9.17, 15) is 26.3 Å². The maximum Gasteiger partial charge on any atom is 0.449 e. The monoisotopic (exact) mass is 348 g/mol. The number of alkyl halides is 6. The molecule has 0 saturated carbocycles. The van der Waals surface area contributed by atoms with E-state index < -0.39 is 29.4 Å². The summed E-state index contributed by atoms with van der Waals surface area (Å²) in [5, 5.41) is -0.120. The standard InChI is InChI=1S/C15H10F6N2O/c16-14(17,18)12-4-1-8(24-12)7-23-6-5-9-11(23)3-2-10(22)13(9)15(19,20)21/h1-6H,7,22H2. The average Bonchev–Trinajstić information content (AvgIpc) is 3.04. The van der Waals surface area contributed by atoms with Gasteiger partial charge in [0.25, 0.3) is 0 Å². The summed E-state index contributed by atoms with van der Waals surface area (Å²) in [5.41, 5.74) is 4.23. The fourth-order valence-electron chi connectivity index (χ4n) is 2.53. The van der Waals surface area contributed by atoms with Crippen LogP contribution in [-0.4, -0.2) is 4.57 Å². The molecule has 0 bridgehead atoms. The molecule has 1 aromatic carbocycles. The Kier molecular flexibility index (Phi) is 3.54. The SMILES string of the molecule is Nc1ccc2c(ccn2Cc2ccc(C(F)(F)F)o2)c1C(F)(F)F. The molecule has 24 heavy (non-hydrogen) atoms. The second-order valence-corrected chi connectivity index (χ2v) is 5.17. The number of nitrogens with zero attached hydrogens (tertiary/aromatic N) is 1. The summed E-state index contributed by atoms with van der Waals surface area (Å²) in [7, 11) is 0. The molecule has 0 unspecified atom stereocenters. The lowest BCUT2D eigenvalue weighted by atomic mass is 10.1. The van der Waals surface area contributed by atoms with Gasteiger partial charge in [-0.1, -0.05) is 0 Å². The minimum absolute atomic E-state index is 0.0230. The first kappa shape index (κ1) is 16.3. The Hall–Kier alpha value is -2.58. The number of hydrogen-bond donors (Lipinski definition) is 1. The van der Waals surface area contributed by atoms with Crippen molar-refractivity contribution in [2.24, 2.45) is 0 Å². The number of benzene rings is 1. The molecule has 9 heteroatoms. The molecule has 0 saturated heterocycles. The first-order valence-electron chi connectivity index (χ1n) is 6.68. The molecule has 0 aliphatic carbocycles. The van der Waals surface area contributed by atoms with E-state index in [-0.39, 0.29) is 23.2 Å². The van der Waals surface area contributed by atoms with Crippen LogP contribution in [0, 0.1) is 0 Å². The number of aromatic nitrogens is 1. The van der Waals surface area contributed by atoms with E-state index in [1.54, 1.807) is 0 Å². The Bertz CT molecular complexity index is 888. The third-order valence-electron chi connectivity index (χ3n) is 3.54. The molecule has 0 aliphatic rings. The third-order valence-corrected chi connectivity index (χ3v) is 3.54. The zero-order chi connectivity index (χ0) is 17.7. The van der Waals surface area contributed by atoms with Crippen LogP contribution in [0.1, 0.15) is 17.1 Å². The normalized spacial score (nSPS) is 12.9. The van der Waals surface area contributed by atoms with E-state index in [2.05, 4.69) is 0 Å². The summed E-state index contributed by atoms with van der Waals surface area (Å²) >= 11 is 0. The lowest BCUT2D eigenvalue weighted by molar-refractivity contribution is -0.153. The molecule has 2 N–H and O–H groups in total. The van der Waals surface area contributed by atoms with Crippen molar-refractivity contribution in [3.05, 3.63) is 53.6 Å². The van der Waals surface area contributed by atoms with Gasteiger partial charge in [0.15, 0.2) is 0 Å². The molecule has 0 fully saturated rings. The van der Waals surface area contributed by atoms with Crippen LogP contribution in [0.25, 0.3) is 10.9 Å². The summed E-state index contributed by atoms with van der Waals surface area (Å²) < 4.78 is 83.0. The number of nitrogen functional groups attached to an aromatic ring is 1. The van der Waals surface area contributed by atoms with Crippen LogP contribution in [0.3, 0.4) is 0 Å². The molecule has 0 atom stereocenters. The molecular formula is C15H10F6N2O. The van der Waals surface area contributed by atoms with Gasteiger partial charge in [-0.05, 0) is 30.3 Å². The van der Waals surface area contributed by atoms with Gasteiger partial charge >= 0.3 is 12.4 Å². The highest BCUT2D eigenvalue weighted by atomic mass is 19.4. The Morgan fingerprint density at radius 2 is 1.62 bits per heavy atom. The quantitative estimate of drug-likeness (QED) is 0.529. The molecule has 0 spiro atoms. The van der Waals surface area contributed by atoms with E-state index in [1.165, 1.54) is 22.9 Å². The summed E-state index contributed by atoms with van der Waals surface area (Å²) in [6.07, 6.45) is -7.91. The minimum atomic E-state index is -4.64. The number of halogens is 6. The lowest BCUT2D eigenvalue weighted by Crippen LogP contribution is -2.09. The molecule has 3 nitrogen and oxygen atoms in total.